The highest BCUT2D eigenvalue weighted by molar-refractivity contribution is 6.65. The molecule has 6 heteroatoms. The number of carbonyl (C=O) groups excluding carboxylic acids is 2. The minimum atomic E-state index is -0.976. The lowest BCUT2D eigenvalue weighted by molar-refractivity contribution is -0.139. The van der Waals surface area contributed by atoms with Gasteiger partial charge >= 0.3 is 11.7 Å². The van der Waals surface area contributed by atoms with Gasteiger partial charge in [-0.15, -0.1) is 0 Å². The van der Waals surface area contributed by atoms with Gasteiger partial charge < -0.3 is 15.0 Å². The smallest absolute Gasteiger partial charge is 0.446 e. The van der Waals surface area contributed by atoms with Crippen molar-refractivity contribution in [3.63, 3.8) is 0 Å². The van der Waals surface area contributed by atoms with Crippen molar-refractivity contribution in [2.45, 2.75) is 6.92 Å². The Labute approximate surface area is 104 Å². The number of rotatable bonds is 5. The van der Waals surface area contributed by atoms with E-state index in [0.717, 1.165) is 0 Å². The Morgan fingerprint density at radius 3 is 2.56 bits per heavy atom. The summed E-state index contributed by atoms with van der Waals surface area (Å²) in [6.07, 6.45) is 0. The van der Waals surface area contributed by atoms with Gasteiger partial charge in [-0.3, -0.25) is 4.79 Å². The van der Waals surface area contributed by atoms with E-state index in [2.05, 4.69) is 9.53 Å². The molecule has 0 aliphatic rings. The minimum Gasteiger partial charge on any atom is -0.496 e. The molecule has 0 heterocycles. The molecule has 18 heavy (non-hydrogen) atoms. The molecule has 0 fully saturated rings. The fraction of sp³-hybridized carbons (Fsp3) is 0.250. The van der Waals surface area contributed by atoms with Crippen LogP contribution >= 0.6 is 0 Å². The number of nitrogens with zero attached hydrogens (tertiary/aromatic N) is 2. The number of ketones is 1. The lowest BCUT2D eigenvalue weighted by Gasteiger charge is -2.04. The number of esters is 1. The molecule has 0 saturated carbocycles. The number of hydrogen-bond donors (Lipinski definition) is 0. The van der Waals surface area contributed by atoms with Gasteiger partial charge in [0, 0.05) is 0 Å². The zero-order valence-corrected chi connectivity index (χ0v) is 10.0. The standard InChI is InChI=1S/C12H12N2O4/c1-3-18-12(16)10(14-13)11(15)8-6-4-5-7-9(8)17-2/h4-7H,3H2,1-2H3. The molecule has 0 amide bonds. The van der Waals surface area contributed by atoms with Crippen LogP contribution in [0.15, 0.2) is 24.3 Å². The maximum Gasteiger partial charge on any atom is 0.446 e. The molecule has 1 rings (SSSR count). The molecule has 1 aromatic carbocycles. The predicted molar refractivity (Wildman–Crippen MR) is 62.6 cm³/mol. The van der Waals surface area contributed by atoms with E-state index in [0.29, 0.717) is 0 Å². The van der Waals surface area contributed by atoms with Gasteiger partial charge in [-0.05, 0) is 19.1 Å². The first-order chi connectivity index (χ1) is 8.65. The van der Waals surface area contributed by atoms with Crippen LogP contribution in [0.1, 0.15) is 17.3 Å². The maximum atomic E-state index is 12.0. The van der Waals surface area contributed by atoms with Crippen molar-refractivity contribution in [1.29, 1.82) is 0 Å². The monoisotopic (exact) mass is 248 g/mol. The quantitative estimate of drug-likeness (QED) is 0.195. The average molecular weight is 248 g/mol. The Kier molecular flexibility index (Phi) is 4.78. The van der Waals surface area contributed by atoms with Gasteiger partial charge in [0.15, 0.2) is 0 Å². The molecule has 0 atom stereocenters. The zero-order valence-electron chi connectivity index (χ0n) is 10.0. The van der Waals surface area contributed by atoms with Gasteiger partial charge in [0.25, 0.3) is 5.78 Å². The molecule has 0 radical (unpaired) electrons. The normalized spacial score (nSPS) is 9.22. The van der Waals surface area contributed by atoms with Crippen molar-refractivity contribution in [2.75, 3.05) is 13.7 Å². The lowest BCUT2D eigenvalue weighted by atomic mass is 10.1. The molecule has 94 valence electrons. The molecular weight excluding hydrogens is 236 g/mol. The molecule has 0 aromatic heterocycles. The second-order valence-corrected chi connectivity index (χ2v) is 3.20. The summed E-state index contributed by atoms with van der Waals surface area (Å²) in [7, 11) is 1.40. The van der Waals surface area contributed by atoms with Crippen LogP contribution in [0, 0.1) is 0 Å². The number of benzene rings is 1. The Hall–Kier alpha value is -2.46. The zero-order chi connectivity index (χ0) is 13.5. The first-order valence-electron chi connectivity index (χ1n) is 5.22. The van der Waals surface area contributed by atoms with Crippen LogP contribution in [0.2, 0.25) is 0 Å². The van der Waals surface area contributed by atoms with Crippen molar-refractivity contribution in [2.24, 2.45) is 0 Å². The molecule has 0 N–H and O–H groups in total. The molecule has 0 bridgehead atoms. The number of hydrogen-bond acceptors (Lipinski definition) is 4. The third kappa shape index (κ3) is 2.81. The first-order valence-corrected chi connectivity index (χ1v) is 5.22. The minimum absolute atomic E-state index is 0.0804. The van der Waals surface area contributed by atoms with Crippen molar-refractivity contribution >= 4 is 17.5 Å². The molecule has 6 nitrogen and oxygen atoms in total. The Bertz CT molecular complexity index is 519. The summed E-state index contributed by atoms with van der Waals surface area (Å²) < 4.78 is 9.61. The molecule has 0 unspecified atom stereocenters. The molecule has 0 aliphatic heterocycles. The van der Waals surface area contributed by atoms with Crippen molar-refractivity contribution < 1.29 is 23.9 Å². The average Bonchev–Trinajstić information content (AvgIpc) is 2.39. The fourth-order valence-corrected chi connectivity index (χ4v) is 1.34. The van der Waals surface area contributed by atoms with Crippen LogP contribution in [0.5, 0.6) is 5.75 Å². The van der Waals surface area contributed by atoms with E-state index in [9.17, 15) is 9.59 Å². The van der Waals surface area contributed by atoms with E-state index < -0.39 is 17.5 Å². The van der Waals surface area contributed by atoms with E-state index in [-0.39, 0.29) is 17.9 Å². The van der Waals surface area contributed by atoms with Crippen LogP contribution in [-0.4, -0.2) is 36.0 Å². The third-order valence-electron chi connectivity index (χ3n) is 2.14. The van der Waals surface area contributed by atoms with E-state index in [1.54, 1.807) is 25.1 Å². The number of Topliss-reactive ketones (excluding diaryl/α,β-unsaturated/α-hetero) is 1. The van der Waals surface area contributed by atoms with E-state index in [4.69, 9.17) is 10.3 Å². The van der Waals surface area contributed by atoms with Crippen LogP contribution in [0.3, 0.4) is 0 Å². The van der Waals surface area contributed by atoms with Crippen LogP contribution < -0.4 is 4.74 Å². The molecular formula is C12H12N2O4. The summed E-state index contributed by atoms with van der Waals surface area (Å²) in [5, 5.41) is 0. The van der Waals surface area contributed by atoms with Crippen LogP contribution in [0.25, 0.3) is 5.53 Å². The van der Waals surface area contributed by atoms with Gasteiger partial charge in [-0.1, -0.05) is 12.1 Å². The SMILES string of the molecule is CCOC(=O)C(=[N+]=[N-])C(=O)c1ccccc1OC. The highest BCUT2D eigenvalue weighted by Gasteiger charge is 2.33. The predicted octanol–water partition coefficient (Wildman–Crippen LogP) is 1.11. The van der Waals surface area contributed by atoms with Crippen molar-refractivity contribution in [1.82, 2.24) is 0 Å². The highest BCUT2D eigenvalue weighted by atomic mass is 16.5. The summed E-state index contributed by atoms with van der Waals surface area (Å²) in [4.78, 5) is 26.1. The fourth-order valence-electron chi connectivity index (χ4n) is 1.34. The van der Waals surface area contributed by atoms with Crippen LogP contribution in [0.4, 0.5) is 0 Å². The summed E-state index contributed by atoms with van der Waals surface area (Å²) in [5.41, 5.74) is 8.19. The molecule has 1 aromatic rings. The number of methoxy groups -OCH3 is 1. The maximum absolute atomic E-state index is 12.0. The first kappa shape index (κ1) is 13.6. The molecule has 0 aliphatic carbocycles. The van der Waals surface area contributed by atoms with Gasteiger partial charge in [-0.2, -0.15) is 4.79 Å². The number of ether oxygens (including phenoxy) is 2. The van der Waals surface area contributed by atoms with Crippen LogP contribution in [-0.2, 0) is 9.53 Å². The Balaban J connectivity index is 3.13. The third-order valence-corrected chi connectivity index (χ3v) is 2.14. The van der Waals surface area contributed by atoms with Crippen molar-refractivity contribution in [3.8, 4) is 5.75 Å². The van der Waals surface area contributed by atoms with E-state index >= 15 is 0 Å². The van der Waals surface area contributed by atoms with Gasteiger partial charge in [0.05, 0.1) is 19.3 Å². The van der Waals surface area contributed by atoms with Gasteiger partial charge in [0.1, 0.15) is 5.75 Å². The summed E-state index contributed by atoms with van der Waals surface area (Å²) in [5.74, 6) is -1.45. The van der Waals surface area contributed by atoms with Crippen molar-refractivity contribution in [3.05, 3.63) is 35.4 Å². The number of para-hydroxylation sites is 1. The second-order valence-electron chi connectivity index (χ2n) is 3.20. The number of carbonyl (C=O) groups is 2. The highest BCUT2D eigenvalue weighted by Crippen LogP contribution is 2.18. The second kappa shape index (κ2) is 6.32. The van der Waals surface area contributed by atoms with E-state index in [1.807, 2.05) is 0 Å². The largest absolute Gasteiger partial charge is 0.496 e. The molecule has 0 spiro atoms. The summed E-state index contributed by atoms with van der Waals surface area (Å²) in [6, 6.07) is 6.31. The molecule has 0 saturated heterocycles. The van der Waals surface area contributed by atoms with E-state index in [1.165, 1.54) is 13.2 Å². The van der Waals surface area contributed by atoms with Gasteiger partial charge in [0.2, 0.25) is 0 Å². The topological polar surface area (TPSA) is 89.0 Å². The summed E-state index contributed by atoms with van der Waals surface area (Å²) >= 11 is 0. The Morgan fingerprint density at radius 2 is 2.00 bits per heavy atom. The Morgan fingerprint density at radius 1 is 1.33 bits per heavy atom. The van der Waals surface area contributed by atoms with Gasteiger partial charge in [-0.25, -0.2) is 4.79 Å². The summed E-state index contributed by atoms with van der Waals surface area (Å²) in [6.45, 7) is 1.66. The lowest BCUT2D eigenvalue weighted by Crippen LogP contribution is -2.27.